The van der Waals surface area contributed by atoms with E-state index in [1.54, 1.807) is 0 Å². The van der Waals surface area contributed by atoms with Gasteiger partial charge in [-0.3, -0.25) is 4.79 Å². The van der Waals surface area contributed by atoms with Crippen LogP contribution in [0.3, 0.4) is 0 Å². The highest BCUT2D eigenvalue weighted by Gasteiger charge is 2.00. The summed E-state index contributed by atoms with van der Waals surface area (Å²) in [4.78, 5) is 11.2. The van der Waals surface area contributed by atoms with Gasteiger partial charge in [0.1, 0.15) is 5.78 Å². The summed E-state index contributed by atoms with van der Waals surface area (Å²) in [7, 11) is 0. The molecular formula is C11H22O3. The number of ketones is 1. The van der Waals surface area contributed by atoms with Crippen LogP contribution in [-0.4, -0.2) is 29.2 Å². The molecule has 0 rings (SSSR count). The van der Waals surface area contributed by atoms with Gasteiger partial charge in [-0.2, -0.15) is 0 Å². The molecule has 0 aliphatic rings. The largest absolute Gasteiger partial charge is 0.396 e. The number of carbonyl (C=O) groups excluding carboxylic acids is 1. The molecule has 3 heteroatoms. The second kappa shape index (κ2) is 10.7. The Kier molecular flexibility index (Phi) is 10.4. The number of rotatable bonds is 10. The number of aliphatic hydroxyl groups excluding tert-OH is 2. The molecule has 0 amide bonds. The summed E-state index contributed by atoms with van der Waals surface area (Å²) in [6.45, 7) is 0.439. The molecular weight excluding hydrogens is 180 g/mol. The average Bonchev–Trinajstić information content (AvgIpc) is 2.18. The summed E-state index contributed by atoms with van der Waals surface area (Å²) >= 11 is 0. The molecule has 0 aliphatic heterocycles. The molecule has 0 aliphatic carbocycles. The highest BCUT2D eigenvalue weighted by atomic mass is 16.3. The summed E-state index contributed by atoms with van der Waals surface area (Å²) in [5.74, 6) is 0.308. The second-order valence-corrected chi connectivity index (χ2v) is 3.61. The van der Waals surface area contributed by atoms with Crippen LogP contribution >= 0.6 is 0 Å². The maximum atomic E-state index is 11.2. The van der Waals surface area contributed by atoms with Gasteiger partial charge in [-0.05, 0) is 25.7 Å². The number of Topliss-reactive ketones (excluding diaryl/α,β-unsaturated/α-hetero) is 1. The van der Waals surface area contributed by atoms with Crippen molar-refractivity contribution in [2.45, 2.75) is 51.4 Å². The lowest BCUT2D eigenvalue weighted by atomic mass is 10.1. The number of aliphatic hydroxyl groups is 2. The number of hydrogen-bond donors (Lipinski definition) is 2. The minimum atomic E-state index is 0.184. The zero-order chi connectivity index (χ0) is 10.6. The van der Waals surface area contributed by atoms with Gasteiger partial charge in [0.2, 0.25) is 0 Å². The maximum absolute atomic E-state index is 11.2. The van der Waals surface area contributed by atoms with Crippen LogP contribution in [0, 0.1) is 0 Å². The number of hydrogen-bond acceptors (Lipinski definition) is 3. The van der Waals surface area contributed by atoms with E-state index in [-0.39, 0.29) is 13.2 Å². The van der Waals surface area contributed by atoms with Crippen LogP contribution in [0.4, 0.5) is 0 Å². The summed E-state index contributed by atoms with van der Waals surface area (Å²) in [5, 5.41) is 17.0. The quantitative estimate of drug-likeness (QED) is 0.530. The number of carbonyl (C=O) groups is 1. The van der Waals surface area contributed by atoms with Crippen molar-refractivity contribution in [2.75, 3.05) is 13.2 Å². The normalized spacial score (nSPS) is 10.4. The molecule has 0 fully saturated rings. The fraction of sp³-hybridized carbons (Fsp3) is 0.909. The molecule has 14 heavy (non-hydrogen) atoms. The van der Waals surface area contributed by atoms with E-state index in [2.05, 4.69) is 0 Å². The Morgan fingerprint density at radius 2 is 1.14 bits per heavy atom. The Morgan fingerprint density at radius 1 is 0.714 bits per heavy atom. The number of unbranched alkanes of at least 4 members (excludes halogenated alkanes) is 4. The first-order chi connectivity index (χ1) is 6.81. The van der Waals surface area contributed by atoms with E-state index in [0.717, 1.165) is 38.5 Å². The molecule has 0 saturated carbocycles. The van der Waals surface area contributed by atoms with Gasteiger partial charge >= 0.3 is 0 Å². The minimum absolute atomic E-state index is 0.184. The molecule has 3 nitrogen and oxygen atoms in total. The van der Waals surface area contributed by atoms with Crippen molar-refractivity contribution in [3.63, 3.8) is 0 Å². The van der Waals surface area contributed by atoms with Crippen molar-refractivity contribution >= 4 is 5.78 Å². The van der Waals surface area contributed by atoms with Crippen molar-refractivity contribution in [3.8, 4) is 0 Å². The molecule has 0 spiro atoms. The highest BCUT2D eigenvalue weighted by molar-refractivity contribution is 5.78. The lowest BCUT2D eigenvalue weighted by Crippen LogP contribution is -1.98. The van der Waals surface area contributed by atoms with Crippen LogP contribution in [0.2, 0.25) is 0 Å². The Hall–Kier alpha value is -0.410. The summed E-state index contributed by atoms with van der Waals surface area (Å²) in [6, 6.07) is 0. The zero-order valence-electron chi connectivity index (χ0n) is 8.87. The Bertz CT molecular complexity index is 134. The molecule has 2 N–H and O–H groups in total. The van der Waals surface area contributed by atoms with E-state index in [4.69, 9.17) is 10.2 Å². The van der Waals surface area contributed by atoms with Gasteiger partial charge in [0.25, 0.3) is 0 Å². The standard InChI is InChI=1S/C11H22O3/c12-9-5-2-1-3-7-11(14)8-4-6-10-13/h12-13H,1-10H2. The van der Waals surface area contributed by atoms with E-state index in [1.165, 1.54) is 0 Å². The molecule has 0 saturated heterocycles. The van der Waals surface area contributed by atoms with Crippen LogP contribution in [-0.2, 0) is 4.79 Å². The van der Waals surface area contributed by atoms with Crippen molar-refractivity contribution in [2.24, 2.45) is 0 Å². The third-order valence-electron chi connectivity index (χ3n) is 2.23. The van der Waals surface area contributed by atoms with Crippen molar-refractivity contribution in [3.05, 3.63) is 0 Å². The van der Waals surface area contributed by atoms with E-state index in [0.29, 0.717) is 18.6 Å². The predicted octanol–water partition coefficient (Wildman–Crippen LogP) is 1.66. The van der Waals surface area contributed by atoms with Gasteiger partial charge < -0.3 is 10.2 Å². The van der Waals surface area contributed by atoms with Gasteiger partial charge in [-0.1, -0.05) is 12.8 Å². The Labute approximate surface area is 86.1 Å². The third-order valence-corrected chi connectivity index (χ3v) is 2.23. The topological polar surface area (TPSA) is 57.5 Å². The first-order valence-corrected chi connectivity index (χ1v) is 5.54. The zero-order valence-corrected chi connectivity index (χ0v) is 8.87. The highest BCUT2D eigenvalue weighted by Crippen LogP contribution is 2.06. The van der Waals surface area contributed by atoms with Gasteiger partial charge in [0.05, 0.1) is 0 Å². The smallest absolute Gasteiger partial charge is 0.132 e. The second-order valence-electron chi connectivity index (χ2n) is 3.61. The molecule has 0 radical (unpaired) electrons. The first-order valence-electron chi connectivity index (χ1n) is 5.54. The molecule has 0 unspecified atom stereocenters. The Morgan fingerprint density at radius 3 is 1.71 bits per heavy atom. The molecule has 0 aromatic heterocycles. The van der Waals surface area contributed by atoms with Crippen LogP contribution in [0.15, 0.2) is 0 Å². The van der Waals surface area contributed by atoms with Crippen molar-refractivity contribution < 1.29 is 15.0 Å². The summed E-state index contributed by atoms with van der Waals surface area (Å²) < 4.78 is 0. The van der Waals surface area contributed by atoms with E-state index >= 15 is 0 Å². The SMILES string of the molecule is O=C(CCCCO)CCCCCCO. The van der Waals surface area contributed by atoms with Crippen LogP contribution in [0.1, 0.15) is 51.4 Å². The van der Waals surface area contributed by atoms with Gasteiger partial charge in [0.15, 0.2) is 0 Å². The van der Waals surface area contributed by atoms with Crippen LogP contribution in [0.5, 0.6) is 0 Å². The van der Waals surface area contributed by atoms with E-state index in [1.807, 2.05) is 0 Å². The maximum Gasteiger partial charge on any atom is 0.132 e. The van der Waals surface area contributed by atoms with Crippen LogP contribution < -0.4 is 0 Å². The predicted molar refractivity (Wildman–Crippen MR) is 56.1 cm³/mol. The molecule has 0 aromatic carbocycles. The van der Waals surface area contributed by atoms with Crippen LogP contribution in [0.25, 0.3) is 0 Å². The van der Waals surface area contributed by atoms with Crippen molar-refractivity contribution in [1.82, 2.24) is 0 Å². The third kappa shape index (κ3) is 9.68. The molecule has 0 aromatic rings. The lowest BCUT2D eigenvalue weighted by Gasteiger charge is -2.00. The summed E-state index contributed by atoms with van der Waals surface area (Å²) in [5.41, 5.74) is 0. The van der Waals surface area contributed by atoms with Gasteiger partial charge in [-0.15, -0.1) is 0 Å². The first kappa shape index (κ1) is 13.6. The summed E-state index contributed by atoms with van der Waals surface area (Å²) in [6.07, 6.45) is 6.66. The monoisotopic (exact) mass is 202 g/mol. The fourth-order valence-electron chi connectivity index (χ4n) is 1.35. The van der Waals surface area contributed by atoms with Gasteiger partial charge in [0, 0.05) is 26.1 Å². The van der Waals surface area contributed by atoms with Crippen molar-refractivity contribution in [1.29, 1.82) is 0 Å². The molecule has 0 atom stereocenters. The fourth-order valence-corrected chi connectivity index (χ4v) is 1.35. The molecule has 0 bridgehead atoms. The minimum Gasteiger partial charge on any atom is -0.396 e. The molecule has 84 valence electrons. The molecule has 0 heterocycles. The Balaban J connectivity index is 3.10. The van der Waals surface area contributed by atoms with E-state index < -0.39 is 0 Å². The average molecular weight is 202 g/mol. The van der Waals surface area contributed by atoms with Gasteiger partial charge in [-0.25, -0.2) is 0 Å². The van der Waals surface area contributed by atoms with E-state index in [9.17, 15) is 4.79 Å². The lowest BCUT2D eigenvalue weighted by molar-refractivity contribution is -0.119.